The molecule has 3 heterocycles. The summed E-state index contributed by atoms with van der Waals surface area (Å²) < 4.78 is 2.21. The Bertz CT molecular complexity index is 696. The van der Waals surface area contributed by atoms with E-state index in [0.717, 1.165) is 38.2 Å². The number of rotatable bonds is 3. The zero-order chi connectivity index (χ0) is 15.8. The van der Waals surface area contributed by atoms with Crippen LogP contribution in [0.3, 0.4) is 0 Å². The normalized spacial score (nSPS) is 27.0. The van der Waals surface area contributed by atoms with Crippen molar-refractivity contribution < 1.29 is 4.79 Å². The van der Waals surface area contributed by atoms with E-state index in [9.17, 15) is 4.79 Å². The number of aryl methyl sites for hydroxylation is 1. The minimum Gasteiger partial charge on any atom is -0.340 e. The van der Waals surface area contributed by atoms with E-state index in [-0.39, 0.29) is 5.92 Å². The van der Waals surface area contributed by atoms with Crippen LogP contribution >= 0.6 is 0 Å². The highest BCUT2D eigenvalue weighted by atomic mass is 16.2. The van der Waals surface area contributed by atoms with Gasteiger partial charge in [-0.05, 0) is 43.7 Å². The van der Waals surface area contributed by atoms with Gasteiger partial charge in [0.25, 0.3) is 0 Å². The second-order valence-electron chi connectivity index (χ2n) is 6.70. The van der Waals surface area contributed by atoms with Gasteiger partial charge in [-0.1, -0.05) is 6.07 Å². The molecular weight excluding hydrogens is 288 g/mol. The van der Waals surface area contributed by atoms with Gasteiger partial charge < -0.3 is 9.47 Å². The first-order valence-electron chi connectivity index (χ1n) is 8.42. The van der Waals surface area contributed by atoms with Gasteiger partial charge in [-0.15, -0.1) is 0 Å². The average molecular weight is 310 g/mol. The quantitative estimate of drug-likeness (QED) is 0.875. The molecule has 3 atom stereocenters. The number of hydrogen-bond donors (Lipinski definition) is 0. The molecule has 0 aromatic carbocycles. The molecule has 2 aromatic rings. The Hall–Kier alpha value is -2.17. The number of pyridine rings is 1. The van der Waals surface area contributed by atoms with Crippen molar-refractivity contribution in [3.8, 4) is 0 Å². The third-order valence-corrected chi connectivity index (χ3v) is 5.18. The summed E-state index contributed by atoms with van der Waals surface area (Å²) in [7, 11) is 0. The Kier molecular flexibility index (Phi) is 3.63. The molecular formula is C18H22N4O. The lowest BCUT2D eigenvalue weighted by molar-refractivity contribution is -0.134. The molecule has 2 fully saturated rings. The van der Waals surface area contributed by atoms with E-state index in [4.69, 9.17) is 0 Å². The van der Waals surface area contributed by atoms with Crippen LogP contribution in [0, 0.1) is 12.8 Å². The first kappa shape index (κ1) is 14.4. The smallest absolute Gasteiger partial charge is 0.226 e. The average Bonchev–Trinajstić information content (AvgIpc) is 3.29. The van der Waals surface area contributed by atoms with E-state index in [0.29, 0.717) is 17.9 Å². The fourth-order valence-corrected chi connectivity index (χ4v) is 3.82. The molecule has 1 amide bonds. The minimum atomic E-state index is 0.154. The maximum atomic E-state index is 12.8. The molecule has 2 aliphatic rings. The second-order valence-corrected chi connectivity index (χ2v) is 6.70. The molecule has 0 N–H and O–H groups in total. The highest BCUT2D eigenvalue weighted by Crippen LogP contribution is 2.48. The number of aromatic nitrogens is 3. The third-order valence-electron chi connectivity index (χ3n) is 5.18. The van der Waals surface area contributed by atoms with Gasteiger partial charge in [0, 0.05) is 43.8 Å². The number of amides is 1. The van der Waals surface area contributed by atoms with Crippen LogP contribution in [-0.2, 0) is 4.79 Å². The van der Waals surface area contributed by atoms with E-state index in [2.05, 4.69) is 25.5 Å². The predicted molar refractivity (Wildman–Crippen MR) is 86.9 cm³/mol. The summed E-state index contributed by atoms with van der Waals surface area (Å²) in [5, 5.41) is 0. The van der Waals surface area contributed by atoms with Crippen molar-refractivity contribution in [3.05, 3.63) is 48.3 Å². The van der Waals surface area contributed by atoms with E-state index in [1.54, 1.807) is 6.20 Å². The number of carbonyl (C=O) groups is 1. The van der Waals surface area contributed by atoms with E-state index in [1.165, 1.54) is 5.56 Å². The van der Waals surface area contributed by atoms with Crippen LogP contribution in [-0.4, -0.2) is 38.4 Å². The fourth-order valence-electron chi connectivity index (χ4n) is 3.82. The lowest BCUT2D eigenvalue weighted by Gasteiger charge is -2.34. The number of imidazole rings is 1. The number of piperidine rings is 1. The zero-order valence-electron chi connectivity index (χ0n) is 13.4. The largest absolute Gasteiger partial charge is 0.340 e. The topological polar surface area (TPSA) is 51.0 Å². The van der Waals surface area contributed by atoms with Crippen molar-refractivity contribution in [1.82, 2.24) is 19.4 Å². The van der Waals surface area contributed by atoms with Gasteiger partial charge >= 0.3 is 0 Å². The van der Waals surface area contributed by atoms with E-state index >= 15 is 0 Å². The molecule has 120 valence electrons. The van der Waals surface area contributed by atoms with Crippen LogP contribution in [0.5, 0.6) is 0 Å². The number of likely N-dealkylation sites (tertiary alicyclic amines) is 1. The summed E-state index contributed by atoms with van der Waals surface area (Å²) >= 11 is 0. The summed E-state index contributed by atoms with van der Waals surface area (Å²) in [6, 6.07) is 4.40. The molecule has 0 unspecified atom stereocenters. The molecule has 4 rings (SSSR count). The van der Waals surface area contributed by atoms with Crippen LogP contribution in [0.25, 0.3) is 0 Å². The summed E-state index contributed by atoms with van der Waals surface area (Å²) in [5.74, 6) is 1.87. The maximum Gasteiger partial charge on any atom is 0.226 e. The number of hydrogen-bond acceptors (Lipinski definition) is 3. The van der Waals surface area contributed by atoms with Crippen molar-refractivity contribution in [2.75, 3.05) is 13.1 Å². The van der Waals surface area contributed by atoms with E-state index < -0.39 is 0 Å². The highest BCUT2D eigenvalue weighted by molar-refractivity contribution is 5.83. The Morgan fingerprint density at radius 2 is 2.26 bits per heavy atom. The van der Waals surface area contributed by atoms with Crippen molar-refractivity contribution in [2.45, 2.75) is 38.1 Å². The Morgan fingerprint density at radius 1 is 1.35 bits per heavy atom. The van der Waals surface area contributed by atoms with Gasteiger partial charge in [0.15, 0.2) is 0 Å². The Labute approximate surface area is 136 Å². The lowest BCUT2D eigenvalue weighted by Crippen LogP contribution is -2.41. The summed E-state index contributed by atoms with van der Waals surface area (Å²) in [6.07, 6.45) is 10.7. The summed E-state index contributed by atoms with van der Waals surface area (Å²) in [5.41, 5.74) is 1.20. The maximum absolute atomic E-state index is 12.8. The van der Waals surface area contributed by atoms with Gasteiger partial charge in [-0.3, -0.25) is 9.78 Å². The van der Waals surface area contributed by atoms with Crippen molar-refractivity contribution in [2.24, 2.45) is 5.92 Å². The van der Waals surface area contributed by atoms with Crippen molar-refractivity contribution >= 4 is 5.91 Å². The number of carbonyl (C=O) groups excluding carboxylic acids is 1. The van der Waals surface area contributed by atoms with Gasteiger partial charge in [0.2, 0.25) is 5.91 Å². The van der Waals surface area contributed by atoms with Crippen LogP contribution in [0.2, 0.25) is 0 Å². The van der Waals surface area contributed by atoms with Gasteiger partial charge in [0.05, 0.1) is 6.04 Å². The van der Waals surface area contributed by atoms with E-state index in [1.807, 2.05) is 31.6 Å². The third kappa shape index (κ3) is 2.76. The van der Waals surface area contributed by atoms with Crippen molar-refractivity contribution in [1.29, 1.82) is 0 Å². The standard InChI is InChI=1S/C18H22N4O/c1-13-20-7-9-22(13)15-5-3-8-21(12-15)18(23)17-10-16(17)14-4-2-6-19-11-14/h2,4,6-7,9,11,15-17H,3,5,8,10,12H2,1H3/t15-,16-,17-/m1/s1. The molecule has 0 bridgehead atoms. The molecule has 23 heavy (non-hydrogen) atoms. The monoisotopic (exact) mass is 310 g/mol. The molecule has 1 saturated heterocycles. The first-order chi connectivity index (χ1) is 11.2. The van der Waals surface area contributed by atoms with Gasteiger partial charge in [0.1, 0.15) is 5.82 Å². The SMILES string of the molecule is Cc1nccn1[C@@H]1CCCN(C(=O)[C@@H]2C[C@@H]2c2cccnc2)C1. The Morgan fingerprint density at radius 3 is 3.00 bits per heavy atom. The van der Waals surface area contributed by atoms with Crippen LogP contribution in [0.1, 0.15) is 42.6 Å². The van der Waals surface area contributed by atoms with Gasteiger partial charge in [-0.2, -0.15) is 0 Å². The van der Waals surface area contributed by atoms with Crippen LogP contribution in [0.4, 0.5) is 0 Å². The Balaban J connectivity index is 1.42. The van der Waals surface area contributed by atoms with Crippen molar-refractivity contribution in [3.63, 3.8) is 0 Å². The molecule has 0 spiro atoms. The zero-order valence-corrected chi connectivity index (χ0v) is 13.4. The first-order valence-corrected chi connectivity index (χ1v) is 8.42. The second kappa shape index (κ2) is 5.80. The molecule has 1 aliphatic carbocycles. The lowest BCUT2D eigenvalue weighted by atomic mass is 10.0. The predicted octanol–water partition coefficient (Wildman–Crippen LogP) is 2.55. The highest BCUT2D eigenvalue weighted by Gasteiger charge is 2.46. The molecule has 5 nitrogen and oxygen atoms in total. The molecule has 5 heteroatoms. The fraction of sp³-hybridized carbons (Fsp3) is 0.500. The van der Waals surface area contributed by atoms with Crippen LogP contribution < -0.4 is 0 Å². The summed E-state index contributed by atoms with van der Waals surface area (Å²) in [6.45, 7) is 3.73. The molecule has 2 aromatic heterocycles. The number of nitrogens with zero attached hydrogens (tertiary/aromatic N) is 4. The molecule has 0 radical (unpaired) electrons. The summed E-state index contributed by atoms with van der Waals surface area (Å²) in [4.78, 5) is 23.4. The van der Waals surface area contributed by atoms with Crippen LogP contribution in [0.15, 0.2) is 36.9 Å². The van der Waals surface area contributed by atoms with Gasteiger partial charge in [-0.25, -0.2) is 4.98 Å². The molecule has 1 saturated carbocycles. The molecule has 1 aliphatic heterocycles. The minimum absolute atomic E-state index is 0.154.